The van der Waals surface area contributed by atoms with E-state index in [2.05, 4.69) is 14.9 Å². The Morgan fingerprint density at radius 2 is 1.91 bits per heavy atom. The number of fused-ring (bicyclic) bond motifs is 1. The first-order chi connectivity index (χ1) is 10.8. The molecule has 3 rings (SSSR count). The van der Waals surface area contributed by atoms with E-state index in [-0.39, 0.29) is 5.69 Å². The Morgan fingerprint density at radius 3 is 2.61 bits per heavy atom. The molecule has 0 aliphatic carbocycles. The summed E-state index contributed by atoms with van der Waals surface area (Å²) in [5, 5.41) is 8.65. The molecule has 0 amide bonds. The molecule has 120 valence electrons. The zero-order valence-corrected chi connectivity index (χ0v) is 12.8. The molecule has 2 N–H and O–H groups in total. The Hall–Kier alpha value is -1.93. The Balaban J connectivity index is 1.80. The summed E-state index contributed by atoms with van der Waals surface area (Å²) >= 11 is 6.85. The highest BCUT2D eigenvalue weighted by atomic mass is 35.5. The van der Waals surface area contributed by atoms with Gasteiger partial charge in [0.2, 0.25) is 0 Å². The predicted octanol–water partition coefficient (Wildman–Crippen LogP) is 5.49. The van der Waals surface area contributed by atoms with Gasteiger partial charge in [-0.25, -0.2) is 4.39 Å². The van der Waals surface area contributed by atoms with Crippen LogP contribution in [0.3, 0.4) is 0 Å². The van der Waals surface area contributed by atoms with Crippen molar-refractivity contribution in [1.82, 2.24) is 10.2 Å². The van der Waals surface area contributed by atoms with E-state index in [0.29, 0.717) is 21.6 Å². The number of H-pyrrole nitrogens is 1. The minimum Gasteiger partial charge on any atom is -0.322 e. The number of benzene rings is 2. The Bertz CT molecular complexity index is 863. The molecule has 0 bridgehead atoms. The standard InChI is InChI=1S/C14H8ClF4N3S/c15-8-2-3-9-12(6-8)20-21-13(9)23-22-11-4-1-7(5-10(11)16)14(17,18)19/h1-6,22H,(H,20,21). The van der Waals surface area contributed by atoms with Gasteiger partial charge in [-0.05, 0) is 36.4 Å². The van der Waals surface area contributed by atoms with Crippen LogP contribution in [0.25, 0.3) is 10.9 Å². The van der Waals surface area contributed by atoms with Crippen LogP contribution < -0.4 is 4.72 Å². The quantitative estimate of drug-likeness (QED) is 0.478. The number of alkyl halides is 3. The monoisotopic (exact) mass is 361 g/mol. The van der Waals surface area contributed by atoms with Crippen LogP contribution in [0.4, 0.5) is 23.2 Å². The second-order valence-corrected chi connectivity index (χ2v) is 5.85. The van der Waals surface area contributed by atoms with Crippen molar-refractivity contribution < 1.29 is 17.6 Å². The lowest BCUT2D eigenvalue weighted by Gasteiger charge is -2.09. The summed E-state index contributed by atoms with van der Waals surface area (Å²) in [5.41, 5.74) is -0.395. The summed E-state index contributed by atoms with van der Waals surface area (Å²) in [5.74, 6) is -0.991. The maximum Gasteiger partial charge on any atom is 0.416 e. The van der Waals surface area contributed by atoms with Crippen LogP contribution in [0.15, 0.2) is 41.4 Å². The van der Waals surface area contributed by atoms with Crippen molar-refractivity contribution >= 4 is 40.1 Å². The van der Waals surface area contributed by atoms with E-state index in [1.807, 2.05) is 0 Å². The van der Waals surface area contributed by atoms with E-state index < -0.39 is 17.6 Å². The van der Waals surface area contributed by atoms with Crippen LogP contribution >= 0.6 is 23.5 Å². The molecule has 0 saturated carbocycles. The number of hydrogen-bond donors (Lipinski definition) is 2. The van der Waals surface area contributed by atoms with Crippen LogP contribution in [0.2, 0.25) is 5.02 Å². The number of aromatic amines is 1. The van der Waals surface area contributed by atoms with Crippen LogP contribution in [0.5, 0.6) is 0 Å². The average Bonchev–Trinajstić information content (AvgIpc) is 2.87. The molecular formula is C14H8ClF4N3S. The second-order valence-electron chi connectivity index (χ2n) is 4.62. The molecule has 23 heavy (non-hydrogen) atoms. The zero-order valence-electron chi connectivity index (χ0n) is 11.2. The maximum absolute atomic E-state index is 13.8. The molecule has 9 heteroatoms. The molecule has 0 atom stereocenters. The Morgan fingerprint density at radius 1 is 1.13 bits per heavy atom. The second kappa shape index (κ2) is 5.93. The molecule has 3 nitrogen and oxygen atoms in total. The molecule has 0 spiro atoms. The molecule has 1 aromatic heterocycles. The minimum absolute atomic E-state index is 0.0619. The van der Waals surface area contributed by atoms with E-state index in [9.17, 15) is 17.6 Å². The highest BCUT2D eigenvalue weighted by Gasteiger charge is 2.31. The third-order valence-corrected chi connectivity index (χ3v) is 4.11. The zero-order chi connectivity index (χ0) is 16.6. The summed E-state index contributed by atoms with van der Waals surface area (Å²) < 4.78 is 53.9. The number of halogens is 5. The van der Waals surface area contributed by atoms with Crippen molar-refractivity contribution in [3.05, 3.63) is 52.8 Å². The summed E-state index contributed by atoms with van der Waals surface area (Å²) in [6, 6.07) is 7.42. The number of rotatable bonds is 3. The third-order valence-electron chi connectivity index (χ3n) is 3.04. The lowest BCUT2D eigenvalue weighted by atomic mass is 10.2. The summed E-state index contributed by atoms with van der Waals surface area (Å²) in [4.78, 5) is 0. The Labute approximate surface area is 137 Å². The number of nitrogens with one attached hydrogen (secondary N) is 2. The highest BCUT2D eigenvalue weighted by Crippen LogP contribution is 2.33. The van der Waals surface area contributed by atoms with Gasteiger partial charge in [0.1, 0.15) is 10.8 Å². The first-order valence-electron chi connectivity index (χ1n) is 6.28. The van der Waals surface area contributed by atoms with Crippen molar-refractivity contribution in [3.63, 3.8) is 0 Å². The van der Waals surface area contributed by atoms with Crippen LogP contribution in [-0.4, -0.2) is 10.2 Å². The molecule has 0 aliphatic rings. The third kappa shape index (κ3) is 3.37. The predicted molar refractivity (Wildman–Crippen MR) is 82.0 cm³/mol. The number of hydrogen-bond acceptors (Lipinski definition) is 3. The first kappa shape index (κ1) is 15.9. The van der Waals surface area contributed by atoms with Crippen LogP contribution in [-0.2, 0) is 6.18 Å². The van der Waals surface area contributed by atoms with Gasteiger partial charge in [0, 0.05) is 22.4 Å². The fourth-order valence-corrected chi connectivity index (χ4v) is 2.85. The lowest BCUT2D eigenvalue weighted by Crippen LogP contribution is -2.05. The van der Waals surface area contributed by atoms with Gasteiger partial charge in [-0.2, -0.15) is 18.3 Å². The van der Waals surface area contributed by atoms with Gasteiger partial charge >= 0.3 is 6.18 Å². The van der Waals surface area contributed by atoms with E-state index in [1.165, 1.54) is 0 Å². The Kier molecular flexibility index (Phi) is 4.11. The fourth-order valence-electron chi connectivity index (χ4n) is 1.92. The number of aromatic nitrogens is 2. The van der Waals surface area contributed by atoms with Crippen molar-refractivity contribution in [2.45, 2.75) is 11.2 Å². The molecule has 0 saturated heterocycles. The molecule has 0 aliphatic heterocycles. The normalized spacial score (nSPS) is 11.9. The van der Waals surface area contributed by atoms with Gasteiger partial charge in [-0.15, -0.1) is 0 Å². The van der Waals surface area contributed by atoms with Crippen molar-refractivity contribution in [2.75, 3.05) is 4.72 Å². The lowest BCUT2D eigenvalue weighted by molar-refractivity contribution is -0.137. The van der Waals surface area contributed by atoms with Crippen molar-refractivity contribution in [2.24, 2.45) is 0 Å². The van der Waals surface area contributed by atoms with E-state index in [4.69, 9.17) is 11.6 Å². The number of anilines is 1. The molecular weight excluding hydrogens is 354 g/mol. The van der Waals surface area contributed by atoms with Crippen molar-refractivity contribution in [1.29, 1.82) is 0 Å². The smallest absolute Gasteiger partial charge is 0.322 e. The van der Waals surface area contributed by atoms with Gasteiger partial charge in [-0.3, -0.25) is 5.10 Å². The SMILES string of the molecule is Fc1cc(C(F)(F)F)ccc1NSc1n[nH]c2cc(Cl)ccc12. The van der Waals surface area contributed by atoms with Crippen LogP contribution in [0.1, 0.15) is 5.56 Å². The topological polar surface area (TPSA) is 40.7 Å². The molecule has 0 unspecified atom stereocenters. The van der Waals surface area contributed by atoms with Gasteiger partial charge in [-0.1, -0.05) is 11.6 Å². The van der Waals surface area contributed by atoms with Gasteiger partial charge in [0.25, 0.3) is 0 Å². The average molecular weight is 362 g/mol. The van der Waals surface area contributed by atoms with Gasteiger partial charge in [0.15, 0.2) is 0 Å². The van der Waals surface area contributed by atoms with E-state index in [0.717, 1.165) is 29.5 Å². The summed E-state index contributed by atoms with van der Waals surface area (Å²) in [6.45, 7) is 0. The van der Waals surface area contributed by atoms with E-state index >= 15 is 0 Å². The minimum atomic E-state index is -4.58. The van der Waals surface area contributed by atoms with Crippen molar-refractivity contribution in [3.8, 4) is 0 Å². The molecule has 2 aromatic carbocycles. The van der Waals surface area contributed by atoms with Crippen LogP contribution in [0, 0.1) is 5.82 Å². The summed E-state index contributed by atoms with van der Waals surface area (Å²) in [6.07, 6.45) is -4.58. The molecule has 0 fully saturated rings. The van der Waals surface area contributed by atoms with E-state index in [1.54, 1.807) is 18.2 Å². The molecule has 1 heterocycles. The highest BCUT2D eigenvalue weighted by molar-refractivity contribution is 8.00. The molecule has 0 radical (unpaired) electrons. The van der Waals surface area contributed by atoms with Gasteiger partial charge in [0.05, 0.1) is 16.8 Å². The first-order valence-corrected chi connectivity index (χ1v) is 7.47. The number of nitrogens with zero attached hydrogens (tertiary/aromatic N) is 1. The molecule has 3 aromatic rings. The maximum atomic E-state index is 13.8. The summed E-state index contributed by atoms with van der Waals surface area (Å²) in [7, 11) is 0. The largest absolute Gasteiger partial charge is 0.416 e. The fraction of sp³-hybridized carbons (Fsp3) is 0.0714. The van der Waals surface area contributed by atoms with Gasteiger partial charge < -0.3 is 4.72 Å².